The first-order chi connectivity index (χ1) is 14.7. The summed E-state index contributed by atoms with van der Waals surface area (Å²) in [6, 6.07) is 5.64. The summed E-state index contributed by atoms with van der Waals surface area (Å²) in [5, 5.41) is 11.5. The molecule has 0 bridgehead atoms. The van der Waals surface area contributed by atoms with Gasteiger partial charge in [-0.1, -0.05) is 11.6 Å². The first kappa shape index (κ1) is 24.3. The summed E-state index contributed by atoms with van der Waals surface area (Å²) >= 11 is 6.02. The van der Waals surface area contributed by atoms with Gasteiger partial charge in [-0.3, -0.25) is 9.59 Å². The lowest BCUT2D eigenvalue weighted by Crippen LogP contribution is -2.31. The van der Waals surface area contributed by atoms with E-state index >= 15 is 0 Å². The fourth-order valence-electron chi connectivity index (χ4n) is 2.36. The normalized spacial score (nSPS) is 11.0. The van der Waals surface area contributed by atoms with Gasteiger partial charge in [0.25, 0.3) is 21.8 Å². The van der Waals surface area contributed by atoms with Crippen LogP contribution in [0.4, 0.5) is 0 Å². The number of carboxylic acid groups (broad SMARTS) is 1. The molecule has 2 rings (SSSR count). The predicted octanol–water partition coefficient (Wildman–Crippen LogP) is 1.71. The average Bonchev–Trinajstić information content (AvgIpc) is 2.73. The van der Waals surface area contributed by atoms with E-state index in [1.165, 1.54) is 6.07 Å². The Morgan fingerprint density at radius 2 is 1.90 bits per heavy atom. The summed E-state index contributed by atoms with van der Waals surface area (Å²) in [7, 11) is -4.34. The highest BCUT2D eigenvalue weighted by Crippen LogP contribution is 2.21. The molecular formula is C19H20ClN3O7S. The number of carbonyl (C=O) groups excluding carboxylic acids is 2. The topological polar surface area (TPSA) is 152 Å². The van der Waals surface area contributed by atoms with Gasteiger partial charge < -0.3 is 15.2 Å². The quantitative estimate of drug-likeness (QED) is 0.444. The third kappa shape index (κ3) is 6.74. The third-order valence-electron chi connectivity index (χ3n) is 3.92. The lowest BCUT2D eigenvalue weighted by atomic mass is 10.2. The van der Waals surface area contributed by atoms with Crippen LogP contribution in [-0.4, -0.2) is 56.1 Å². The van der Waals surface area contributed by atoms with Gasteiger partial charge in [-0.15, -0.1) is 0 Å². The van der Waals surface area contributed by atoms with Gasteiger partial charge in [-0.2, -0.15) is 0 Å². The number of carboxylic acids is 1. The van der Waals surface area contributed by atoms with Crippen LogP contribution in [0.25, 0.3) is 0 Å². The van der Waals surface area contributed by atoms with Crippen LogP contribution >= 0.6 is 11.6 Å². The van der Waals surface area contributed by atoms with Gasteiger partial charge in [0, 0.05) is 26.0 Å². The molecule has 3 N–H and O–H groups in total. The molecule has 0 unspecified atom stereocenters. The van der Waals surface area contributed by atoms with Crippen molar-refractivity contribution in [3.05, 3.63) is 58.4 Å². The number of aromatic carboxylic acids is 1. The Kier molecular flexibility index (Phi) is 8.48. The molecule has 2 aromatic rings. The number of nitrogens with one attached hydrogen (secondary N) is 2. The Hall–Kier alpha value is -3.02. The van der Waals surface area contributed by atoms with E-state index in [-0.39, 0.29) is 26.7 Å². The van der Waals surface area contributed by atoms with Crippen molar-refractivity contribution < 1.29 is 32.6 Å². The Morgan fingerprint density at radius 3 is 2.52 bits per heavy atom. The van der Waals surface area contributed by atoms with Crippen molar-refractivity contribution in [2.24, 2.45) is 0 Å². The lowest BCUT2D eigenvalue weighted by molar-refractivity contribution is 0.0689. The number of pyridine rings is 1. The molecule has 0 atom stereocenters. The van der Waals surface area contributed by atoms with E-state index in [1.54, 1.807) is 0 Å². The number of amides is 2. The van der Waals surface area contributed by atoms with Crippen LogP contribution in [0.1, 0.15) is 44.5 Å². The van der Waals surface area contributed by atoms with E-state index in [9.17, 15) is 22.8 Å². The fourth-order valence-corrected chi connectivity index (χ4v) is 3.56. The number of carbonyl (C=O) groups is 3. The Morgan fingerprint density at radius 1 is 1.16 bits per heavy atom. The van der Waals surface area contributed by atoms with Gasteiger partial charge in [0.05, 0.1) is 21.0 Å². The summed E-state index contributed by atoms with van der Waals surface area (Å²) in [5.41, 5.74) is -0.523. The molecular weight excluding hydrogens is 450 g/mol. The first-order valence-corrected chi connectivity index (χ1v) is 10.9. The van der Waals surface area contributed by atoms with Crippen LogP contribution < -0.4 is 10.0 Å². The highest BCUT2D eigenvalue weighted by molar-refractivity contribution is 7.90. The fraction of sp³-hybridized carbons (Fsp3) is 0.263. The van der Waals surface area contributed by atoms with Gasteiger partial charge in [0.2, 0.25) is 0 Å². The van der Waals surface area contributed by atoms with E-state index in [0.29, 0.717) is 26.2 Å². The van der Waals surface area contributed by atoms with Gasteiger partial charge in [-0.05, 0) is 43.7 Å². The number of sulfonamides is 1. The van der Waals surface area contributed by atoms with Crippen molar-refractivity contribution in [1.29, 1.82) is 0 Å². The highest BCUT2D eigenvalue weighted by atomic mass is 35.5. The zero-order valence-electron chi connectivity index (χ0n) is 16.4. The molecule has 0 saturated carbocycles. The van der Waals surface area contributed by atoms with E-state index in [0.717, 1.165) is 30.5 Å². The number of hydrogen-bond donors (Lipinski definition) is 3. The van der Waals surface area contributed by atoms with Crippen LogP contribution in [0, 0.1) is 0 Å². The first-order valence-electron chi connectivity index (χ1n) is 9.07. The van der Waals surface area contributed by atoms with Gasteiger partial charge in [-0.25, -0.2) is 22.9 Å². The number of benzene rings is 1. The van der Waals surface area contributed by atoms with Gasteiger partial charge in [0.1, 0.15) is 5.69 Å². The second-order valence-corrected chi connectivity index (χ2v) is 8.21. The number of aromatic nitrogens is 1. The molecule has 0 spiro atoms. The number of ether oxygens (including phenoxy) is 1. The Bertz CT molecular complexity index is 1070. The summed E-state index contributed by atoms with van der Waals surface area (Å²) < 4.78 is 32.2. The van der Waals surface area contributed by atoms with E-state index in [4.69, 9.17) is 21.4 Å². The second kappa shape index (κ2) is 10.8. The average molecular weight is 470 g/mol. The highest BCUT2D eigenvalue weighted by Gasteiger charge is 2.22. The predicted molar refractivity (Wildman–Crippen MR) is 111 cm³/mol. The van der Waals surface area contributed by atoms with Crippen molar-refractivity contribution in [1.82, 2.24) is 15.0 Å². The van der Waals surface area contributed by atoms with Crippen molar-refractivity contribution in [2.75, 3.05) is 19.8 Å². The molecule has 1 heterocycles. The van der Waals surface area contributed by atoms with Crippen molar-refractivity contribution in [2.45, 2.75) is 18.2 Å². The van der Waals surface area contributed by atoms with Gasteiger partial charge in [0.15, 0.2) is 0 Å². The summed E-state index contributed by atoms with van der Waals surface area (Å²) in [6.07, 6.45) is 1.51. The molecule has 12 heteroatoms. The number of halogens is 1. The lowest BCUT2D eigenvalue weighted by Gasteiger charge is -2.11. The molecule has 1 aromatic carbocycles. The van der Waals surface area contributed by atoms with E-state index in [1.807, 2.05) is 11.6 Å². The van der Waals surface area contributed by atoms with Crippen molar-refractivity contribution >= 4 is 39.4 Å². The molecule has 0 fully saturated rings. The Labute approximate surface area is 183 Å². The molecule has 0 aliphatic heterocycles. The molecule has 1 aromatic heterocycles. The smallest absolute Gasteiger partial charge is 0.354 e. The molecule has 0 aliphatic carbocycles. The summed E-state index contributed by atoms with van der Waals surface area (Å²) in [4.78, 5) is 38.6. The SMILES string of the molecule is CCOCCCNC(=O)c1cc(S(=O)(=O)NC(=O)c2ccc(C(=O)O)nc2)ccc1Cl. The minimum Gasteiger partial charge on any atom is -0.477 e. The minimum atomic E-state index is -4.34. The number of hydrogen-bond acceptors (Lipinski definition) is 7. The molecule has 2 amide bonds. The van der Waals surface area contributed by atoms with E-state index in [2.05, 4.69) is 10.3 Å². The molecule has 0 saturated heterocycles. The Balaban J connectivity index is 2.13. The zero-order chi connectivity index (χ0) is 23.0. The number of nitrogens with zero attached hydrogens (tertiary/aromatic N) is 1. The molecule has 0 aliphatic rings. The zero-order valence-corrected chi connectivity index (χ0v) is 18.0. The second-order valence-electron chi connectivity index (χ2n) is 6.12. The van der Waals surface area contributed by atoms with Crippen LogP contribution in [0.2, 0.25) is 5.02 Å². The van der Waals surface area contributed by atoms with Crippen LogP contribution in [-0.2, 0) is 14.8 Å². The molecule has 0 radical (unpaired) electrons. The van der Waals surface area contributed by atoms with Crippen LogP contribution in [0.3, 0.4) is 0 Å². The molecule has 166 valence electrons. The van der Waals surface area contributed by atoms with Crippen molar-refractivity contribution in [3.8, 4) is 0 Å². The molecule has 31 heavy (non-hydrogen) atoms. The maximum atomic E-state index is 12.6. The molecule has 10 nitrogen and oxygen atoms in total. The number of rotatable bonds is 10. The third-order valence-corrected chi connectivity index (χ3v) is 5.58. The van der Waals surface area contributed by atoms with E-state index < -0.39 is 27.8 Å². The summed E-state index contributed by atoms with van der Waals surface area (Å²) in [6.45, 7) is 3.19. The maximum Gasteiger partial charge on any atom is 0.354 e. The minimum absolute atomic E-state index is 0.0426. The maximum absolute atomic E-state index is 12.6. The van der Waals surface area contributed by atoms with Gasteiger partial charge >= 0.3 is 5.97 Å². The monoisotopic (exact) mass is 469 g/mol. The van der Waals surface area contributed by atoms with Crippen LogP contribution in [0.5, 0.6) is 0 Å². The largest absolute Gasteiger partial charge is 0.477 e. The van der Waals surface area contributed by atoms with Crippen LogP contribution in [0.15, 0.2) is 41.4 Å². The standard InChI is InChI=1S/C19H20ClN3O7S/c1-2-30-9-3-8-21-18(25)14-10-13(5-6-15(14)20)31(28,29)23-17(24)12-4-7-16(19(26)27)22-11-12/h4-7,10-11H,2-3,8-9H2,1H3,(H,21,25)(H,23,24)(H,26,27). The van der Waals surface area contributed by atoms with Crippen molar-refractivity contribution in [3.63, 3.8) is 0 Å². The summed E-state index contributed by atoms with van der Waals surface area (Å²) in [5.74, 6) is -2.87.